The van der Waals surface area contributed by atoms with Crippen LogP contribution in [0.2, 0.25) is 0 Å². The van der Waals surface area contributed by atoms with Gasteiger partial charge in [-0.3, -0.25) is 9.59 Å². The van der Waals surface area contributed by atoms with Crippen molar-refractivity contribution in [2.24, 2.45) is 0 Å². The summed E-state index contributed by atoms with van der Waals surface area (Å²) in [6, 6.07) is 0. The van der Waals surface area contributed by atoms with Crippen molar-refractivity contribution in [2.75, 3.05) is 0 Å². The van der Waals surface area contributed by atoms with Crippen molar-refractivity contribution >= 4 is 11.9 Å². The first-order valence-corrected chi connectivity index (χ1v) is 14.0. The molecule has 0 aromatic rings. The van der Waals surface area contributed by atoms with Crippen molar-refractivity contribution in [3.05, 3.63) is 0 Å². The summed E-state index contributed by atoms with van der Waals surface area (Å²) in [4.78, 5) is 22.4. The highest BCUT2D eigenvalue weighted by Gasteiger charge is 2.09. The maximum atomic E-state index is 12.0. The molecule has 0 aromatic carbocycles. The van der Waals surface area contributed by atoms with E-state index in [0.717, 1.165) is 44.9 Å². The molecule has 0 aliphatic carbocycles. The van der Waals surface area contributed by atoms with Crippen LogP contribution >= 0.6 is 0 Å². The molecule has 0 heterocycles. The molecule has 0 radical (unpaired) electrons. The third kappa shape index (κ3) is 25.2. The number of carboxylic acid groups (broad SMARTS) is 1. The summed E-state index contributed by atoms with van der Waals surface area (Å²) in [5.74, 6) is -0.699. The Kier molecular flexibility index (Phi) is 23.8. The first kappa shape index (κ1) is 30.9. The van der Waals surface area contributed by atoms with Crippen LogP contribution in [0, 0.1) is 0 Å². The van der Waals surface area contributed by atoms with Gasteiger partial charge < -0.3 is 9.84 Å². The zero-order chi connectivity index (χ0) is 23.7. The Balaban J connectivity index is 3.31. The van der Waals surface area contributed by atoms with Crippen molar-refractivity contribution in [3.63, 3.8) is 0 Å². The van der Waals surface area contributed by atoms with Crippen molar-refractivity contribution < 1.29 is 19.4 Å². The van der Waals surface area contributed by atoms with Crippen LogP contribution in [0.15, 0.2) is 0 Å². The summed E-state index contributed by atoms with van der Waals surface area (Å²) < 4.78 is 5.56. The molecule has 0 saturated carbocycles. The molecule has 0 amide bonds. The summed E-state index contributed by atoms with van der Waals surface area (Å²) in [6.07, 6.45) is 26.5. The Morgan fingerprint density at radius 3 is 1.41 bits per heavy atom. The predicted molar refractivity (Wildman–Crippen MR) is 135 cm³/mol. The third-order valence-electron chi connectivity index (χ3n) is 6.32. The van der Waals surface area contributed by atoms with E-state index in [1.54, 1.807) is 0 Å². The van der Waals surface area contributed by atoms with Crippen LogP contribution < -0.4 is 0 Å². The van der Waals surface area contributed by atoms with Crippen LogP contribution in [-0.2, 0) is 14.3 Å². The highest BCUT2D eigenvalue weighted by Crippen LogP contribution is 2.15. The van der Waals surface area contributed by atoms with E-state index in [-0.39, 0.29) is 12.1 Å². The van der Waals surface area contributed by atoms with E-state index in [2.05, 4.69) is 6.92 Å². The molecule has 0 saturated heterocycles. The van der Waals surface area contributed by atoms with Gasteiger partial charge in [0.1, 0.15) is 0 Å². The second-order valence-electron chi connectivity index (χ2n) is 9.70. The van der Waals surface area contributed by atoms with E-state index in [4.69, 9.17) is 9.84 Å². The van der Waals surface area contributed by atoms with Crippen molar-refractivity contribution in [1.82, 2.24) is 0 Å². The zero-order valence-electron chi connectivity index (χ0n) is 21.5. The van der Waals surface area contributed by atoms with E-state index >= 15 is 0 Å². The van der Waals surface area contributed by atoms with Crippen molar-refractivity contribution in [2.45, 2.75) is 168 Å². The molecule has 4 nitrogen and oxygen atoms in total. The molecular formula is C28H54O4. The summed E-state index contributed by atoms with van der Waals surface area (Å²) >= 11 is 0. The van der Waals surface area contributed by atoms with Gasteiger partial charge in [0.05, 0.1) is 6.10 Å². The van der Waals surface area contributed by atoms with Gasteiger partial charge in [-0.1, -0.05) is 116 Å². The Hall–Kier alpha value is -1.06. The lowest BCUT2D eigenvalue weighted by atomic mass is 10.0. The largest absolute Gasteiger partial charge is 0.481 e. The van der Waals surface area contributed by atoms with Crippen LogP contribution in [0.1, 0.15) is 162 Å². The zero-order valence-corrected chi connectivity index (χ0v) is 21.5. The van der Waals surface area contributed by atoms with Gasteiger partial charge in [-0.25, -0.2) is 0 Å². The summed E-state index contributed by atoms with van der Waals surface area (Å²) in [7, 11) is 0. The molecule has 1 unspecified atom stereocenters. The first-order chi connectivity index (χ1) is 15.6. The molecule has 0 aromatic heterocycles. The lowest BCUT2D eigenvalue weighted by Gasteiger charge is -2.13. The minimum Gasteiger partial charge on any atom is -0.481 e. The number of hydrogen-bond acceptors (Lipinski definition) is 3. The predicted octanol–water partition coefficient (Wildman–Crippen LogP) is 8.99. The maximum absolute atomic E-state index is 12.0. The highest BCUT2D eigenvalue weighted by atomic mass is 16.5. The SMILES string of the molecule is CCCCCCCCCCCCCC(=O)OC(C)CCCCCCCCCCCC(=O)O. The molecule has 0 fully saturated rings. The standard InChI is InChI=1S/C28H54O4/c1-3-4-5-6-7-8-9-13-16-19-22-25-28(31)32-26(2)23-20-17-14-11-10-12-15-18-21-24-27(29)30/h26H,3-25H2,1-2H3,(H,29,30). The van der Waals surface area contributed by atoms with Crippen molar-refractivity contribution in [1.29, 1.82) is 0 Å². The molecule has 32 heavy (non-hydrogen) atoms. The summed E-state index contributed by atoms with van der Waals surface area (Å²) in [5.41, 5.74) is 0. The second-order valence-corrected chi connectivity index (χ2v) is 9.70. The number of carboxylic acids is 1. The number of aliphatic carboxylic acids is 1. The second kappa shape index (κ2) is 24.6. The summed E-state index contributed by atoms with van der Waals surface area (Å²) in [6.45, 7) is 4.29. The van der Waals surface area contributed by atoms with Gasteiger partial charge in [-0.2, -0.15) is 0 Å². The van der Waals surface area contributed by atoms with E-state index in [1.807, 2.05) is 6.92 Å². The van der Waals surface area contributed by atoms with E-state index in [1.165, 1.54) is 89.9 Å². The topological polar surface area (TPSA) is 63.6 Å². The molecule has 0 rings (SSSR count). The minimum atomic E-state index is -0.681. The first-order valence-electron chi connectivity index (χ1n) is 14.0. The van der Waals surface area contributed by atoms with Gasteiger partial charge in [0, 0.05) is 12.8 Å². The molecular weight excluding hydrogens is 400 g/mol. The average Bonchev–Trinajstić information content (AvgIpc) is 2.75. The number of unbranched alkanes of at least 4 members (excludes halogenated alkanes) is 18. The van der Waals surface area contributed by atoms with Crippen molar-refractivity contribution in [3.8, 4) is 0 Å². The van der Waals surface area contributed by atoms with Gasteiger partial charge in [0.2, 0.25) is 0 Å². The minimum absolute atomic E-state index is 0.0173. The monoisotopic (exact) mass is 454 g/mol. The quantitative estimate of drug-likeness (QED) is 0.110. The number of carbonyl (C=O) groups is 2. The fraction of sp³-hybridized carbons (Fsp3) is 0.929. The molecule has 4 heteroatoms. The van der Waals surface area contributed by atoms with Crippen LogP contribution in [-0.4, -0.2) is 23.1 Å². The van der Waals surface area contributed by atoms with Gasteiger partial charge in [0.15, 0.2) is 0 Å². The van der Waals surface area contributed by atoms with Gasteiger partial charge in [-0.15, -0.1) is 0 Å². The fourth-order valence-electron chi connectivity index (χ4n) is 4.22. The Morgan fingerprint density at radius 1 is 0.594 bits per heavy atom. The van der Waals surface area contributed by atoms with Crippen LogP contribution in [0.25, 0.3) is 0 Å². The Morgan fingerprint density at radius 2 is 0.969 bits per heavy atom. The molecule has 190 valence electrons. The van der Waals surface area contributed by atoms with Gasteiger partial charge in [-0.05, 0) is 32.6 Å². The lowest BCUT2D eigenvalue weighted by molar-refractivity contribution is -0.148. The Labute approximate surface area is 199 Å². The van der Waals surface area contributed by atoms with Crippen LogP contribution in [0.4, 0.5) is 0 Å². The number of rotatable bonds is 25. The third-order valence-corrected chi connectivity index (χ3v) is 6.32. The van der Waals surface area contributed by atoms with Crippen LogP contribution in [0.5, 0.6) is 0 Å². The maximum Gasteiger partial charge on any atom is 0.306 e. The molecule has 1 N–H and O–H groups in total. The summed E-state index contributed by atoms with van der Waals surface area (Å²) in [5, 5.41) is 8.60. The number of ether oxygens (including phenoxy) is 1. The number of hydrogen-bond donors (Lipinski definition) is 1. The lowest BCUT2D eigenvalue weighted by Crippen LogP contribution is -2.14. The molecule has 0 aliphatic rings. The fourth-order valence-corrected chi connectivity index (χ4v) is 4.22. The van der Waals surface area contributed by atoms with Gasteiger partial charge >= 0.3 is 11.9 Å². The normalized spacial score (nSPS) is 12.1. The van der Waals surface area contributed by atoms with Crippen LogP contribution in [0.3, 0.4) is 0 Å². The van der Waals surface area contributed by atoms with Gasteiger partial charge in [0.25, 0.3) is 0 Å². The molecule has 0 bridgehead atoms. The van der Waals surface area contributed by atoms with E-state index in [9.17, 15) is 9.59 Å². The Bertz CT molecular complexity index is 422. The molecule has 0 aliphatic heterocycles. The molecule has 1 atom stereocenters. The number of carbonyl (C=O) groups excluding carboxylic acids is 1. The van der Waals surface area contributed by atoms with E-state index < -0.39 is 5.97 Å². The molecule has 0 spiro atoms. The van der Waals surface area contributed by atoms with E-state index in [0.29, 0.717) is 12.8 Å². The number of esters is 1. The average molecular weight is 455 g/mol. The smallest absolute Gasteiger partial charge is 0.306 e. The highest BCUT2D eigenvalue weighted by molar-refractivity contribution is 5.69.